The molecule has 1 rings (SSSR count). The number of benzene rings is 1. The van der Waals surface area contributed by atoms with Crippen molar-refractivity contribution in [2.75, 3.05) is 20.3 Å². The molecule has 1 N–H and O–H groups in total. The Morgan fingerprint density at radius 2 is 2.05 bits per heavy atom. The Labute approximate surface area is 121 Å². The molecule has 0 aliphatic carbocycles. The van der Waals surface area contributed by atoms with E-state index in [0.717, 1.165) is 18.5 Å². The molecule has 0 radical (unpaired) electrons. The number of nitrogens with one attached hydrogen (secondary N) is 1. The zero-order valence-corrected chi connectivity index (χ0v) is 13.0. The Hall–Kier alpha value is -0.770. The van der Waals surface area contributed by atoms with Gasteiger partial charge in [0.25, 0.3) is 0 Å². The zero-order valence-electron chi connectivity index (χ0n) is 12.2. The largest absolute Gasteiger partial charge is 0.495 e. The Balaban J connectivity index is 2.82. The van der Waals surface area contributed by atoms with Crippen LogP contribution in [0.15, 0.2) is 18.2 Å². The van der Waals surface area contributed by atoms with Crippen molar-refractivity contribution in [3.05, 3.63) is 28.8 Å². The Bertz CT molecular complexity index is 382. The van der Waals surface area contributed by atoms with E-state index in [9.17, 15) is 0 Å². The number of hydrogen-bond donors (Lipinski definition) is 1. The molecule has 1 unspecified atom stereocenters. The number of halogens is 1. The summed E-state index contributed by atoms with van der Waals surface area (Å²) in [4.78, 5) is 0. The van der Waals surface area contributed by atoms with Crippen LogP contribution < -0.4 is 10.1 Å². The smallest absolute Gasteiger partial charge is 0.137 e. The summed E-state index contributed by atoms with van der Waals surface area (Å²) in [6.45, 7) is 7.83. The first-order chi connectivity index (χ1) is 9.08. The van der Waals surface area contributed by atoms with Crippen LogP contribution >= 0.6 is 11.6 Å². The fraction of sp³-hybridized carbons (Fsp3) is 0.600. The van der Waals surface area contributed by atoms with Gasteiger partial charge in [-0.25, -0.2) is 0 Å². The average molecular weight is 286 g/mol. The van der Waals surface area contributed by atoms with Gasteiger partial charge in [0, 0.05) is 0 Å². The summed E-state index contributed by atoms with van der Waals surface area (Å²) in [5, 5.41) is 4.12. The summed E-state index contributed by atoms with van der Waals surface area (Å²) >= 11 is 6.06. The second-order valence-electron chi connectivity index (χ2n) is 4.78. The average Bonchev–Trinajstić information content (AvgIpc) is 2.39. The molecule has 0 aliphatic heterocycles. The lowest BCUT2D eigenvalue weighted by molar-refractivity contribution is 0.0611. The van der Waals surface area contributed by atoms with E-state index in [1.807, 2.05) is 32.0 Å². The van der Waals surface area contributed by atoms with Crippen molar-refractivity contribution in [1.29, 1.82) is 0 Å². The van der Waals surface area contributed by atoms with E-state index in [1.165, 1.54) is 0 Å². The van der Waals surface area contributed by atoms with Crippen LogP contribution in [-0.4, -0.2) is 26.4 Å². The zero-order chi connectivity index (χ0) is 14.3. The maximum atomic E-state index is 6.06. The lowest BCUT2D eigenvalue weighted by atomic mass is 10.1. The molecule has 3 nitrogen and oxygen atoms in total. The minimum atomic E-state index is 0.161. The van der Waals surface area contributed by atoms with Crippen LogP contribution in [0.3, 0.4) is 0 Å². The molecule has 1 aromatic rings. The van der Waals surface area contributed by atoms with Crippen LogP contribution in [0, 0.1) is 0 Å². The van der Waals surface area contributed by atoms with Crippen LogP contribution in [0.4, 0.5) is 0 Å². The molecule has 0 saturated carbocycles. The number of hydrogen-bond acceptors (Lipinski definition) is 3. The van der Waals surface area contributed by atoms with Gasteiger partial charge in [0.2, 0.25) is 0 Å². The summed E-state index contributed by atoms with van der Waals surface area (Å²) in [5.74, 6) is 0.701. The molecule has 0 aromatic heterocycles. The molecule has 0 heterocycles. The first kappa shape index (κ1) is 16.3. The first-order valence-electron chi connectivity index (χ1n) is 6.76. The molecule has 1 aromatic carbocycles. The van der Waals surface area contributed by atoms with Gasteiger partial charge < -0.3 is 14.8 Å². The lowest BCUT2D eigenvalue weighted by Gasteiger charge is -2.21. The molecule has 108 valence electrons. The normalized spacial score (nSPS) is 12.7. The SMILES string of the molecule is CCCNC(COC(C)C)c1ccc(Cl)c(OC)c1. The number of rotatable bonds is 8. The van der Waals surface area contributed by atoms with Gasteiger partial charge in [-0.2, -0.15) is 0 Å². The van der Waals surface area contributed by atoms with Crippen molar-refractivity contribution >= 4 is 11.6 Å². The highest BCUT2D eigenvalue weighted by molar-refractivity contribution is 6.32. The van der Waals surface area contributed by atoms with Crippen molar-refractivity contribution in [2.45, 2.75) is 39.3 Å². The van der Waals surface area contributed by atoms with Crippen molar-refractivity contribution in [3.8, 4) is 5.75 Å². The highest BCUT2D eigenvalue weighted by Crippen LogP contribution is 2.28. The standard InChI is InChI=1S/C15H24ClNO2/c1-5-8-17-14(10-19-11(2)3)12-6-7-13(16)15(9-12)18-4/h6-7,9,11,14,17H,5,8,10H2,1-4H3. The molecular formula is C15H24ClNO2. The van der Waals surface area contributed by atoms with Crippen LogP contribution in [0.1, 0.15) is 38.8 Å². The molecule has 19 heavy (non-hydrogen) atoms. The quantitative estimate of drug-likeness (QED) is 0.788. The van der Waals surface area contributed by atoms with Crippen LogP contribution in [0.2, 0.25) is 5.02 Å². The predicted molar refractivity (Wildman–Crippen MR) is 80.1 cm³/mol. The monoisotopic (exact) mass is 285 g/mol. The number of methoxy groups -OCH3 is 1. The summed E-state index contributed by atoms with van der Waals surface area (Å²) in [7, 11) is 1.63. The van der Waals surface area contributed by atoms with E-state index in [1.54, 1.807) is 7.11 Å². The van der Waals surface area contributed by atoms with Gasteiger partial charge in [-0.1, -0.05) is 24.6 Å². The van der Waals surface area contributed by atoms with Crippen molar-refractivity contribution in [2.24, 2.45) is 0 Å². The third kappa shape index (κ3) is 5.39. The predicted octanol–water partition coefficient (Wildman–Crippen LogP) is 3.81. The third-order valence-electron chi connectivity index (χ3n) is 2.81. The maximum Gasteiger partial charge on any atom is 0.137 e. The Morgan fingerprint density at radius 3 is 2.63 bits per heavy atom. The summed E-state index contributed by atoms with van der Waals surface area (Å²) in [5.41, 5.74) is 1.13. The van der Waals surface area contributed by atoms with Gasteiger partial charge in [0.1, 0.15) is 5.75 Å². The minimum Gasteiger partial charge on any atom is -0.495 e. The molecule has 1 atom stereocenters. The summed E-state index contributed by atoms with van der Waals surface area (Å²) in [6, 6.07) is 6.01. The Morgan fingerprint density at radius 1 is 1.32 bits per heavy atom. The lowest BCUT2D eigenvalue weighted by Crippen LogP contribution is -2.27. The Kier molecular flexibility index (Phi) is 7.21. The van der Waals surface area contributed by atoms with Crippen LogP contribution in [0.25, 0.3) is 0 Å². The van der Waals surface area contributed by atoms with Crippen LogP contribution in [0.5, 0.6) is 5.75 Å². The van der Waals surface area contributed by atoms with Gasteiger partial charge in [-0.05, 0) is 44.5 Å². The molecule has 0 aliphatic rings. The van der Waals surface area contributed by atoms with E-state index in [4.69, 9.17) is 21.1 Å². The molecule has 0 amide bonds. The molecule has 0 bridgehead atoms. The highest BCUT2D eigenvalue weighted by atomic mass is 35.5. The van der Waals surface area contributed by atoms with Crippen molar-refractivity contribution in [1.82, 2.24) is 5.32 Å². The van der Waals surface area contributed by atoms with E-state index < -0.39 is 0 Å². The van der Waals surface area contributed by atoms with E-state index in [2.05, 4.69) is 12.2 Å². The molecular weight excluding hydrogens is 262 g/mol. The van der Waals surface area contributed by atoms with Gasteiger partial charge in [0.15, 0.2) is 0 Å². The van der Waals surface area contributed by atoms with Gasteiger partial charge in [-0.15, -0.1) is 0 Å². The molecule has 0 spiro atoms. The molecule has 0 fully saturated rings. The van der Waals surface area contributed by atoms with E-state index >= 15 is 0 Å². The number of ether oxygens (including phenoxy) is 2. The summed E-state index contributed by atoms with van der Waals surface area (Å²) in [6.07, 6.45) is 1.31. The highest BCUT2D eigenvalue weighted by Gasteiger charge is 2.14. The maximum absolute atomic E-state index is 6.06. The van der Waals surface area contributed by atoms with Gasteiger partial charge in [0.05, 0.1) is 30.9 Å². The van der Waals surface area contributed by atoms with E-state index in [-0.39, 0.29) is 12.1 Å². The van der Waals surface area contributed by atoms with Gasteiger partial charge in [-0.3, -0.25) is 0 Å². The van der Waals surface area contributed by atoms with Gasteiger partial charge >= 0.3 is 0 Å². The minimum absolute atomic E-state index is 0.161. The fourth-order valence-corrected chi connectivity index (χ4v) is 1.97. The van der Waals surface area contributed by atoms with E-state index in [0.29, 0.717) is 17.4 Å². The topological polar surface area (TPSA) is 30.5 Å². The second-order valence-corrected chi connectivity index (χ2v) is 5.19. The van der Waals surface area contributed by atoms with Crippen LogP contribution in [-0.2, 0) is 4.74 Å². The molecule has 4 heteroatoms. The molecule has 0 saturated heterocycles. The van der Waals surface area contributed by atoms with Crippen molar-refractivity contribution in [3.63, 3.8) is 0 Å². The second kappa shape index (κ2) is 8.41. The third-order valence-corrected chi connectivity index (χ3v) is 3.13. The fourth-order valence-electron chi connectivity index (χ4n) is 1.77. The summed E-state index contributed by atoms with van der Waals surface area (Å²) < 4.78 is 11.0. The first-order valence-corrected chi connectivity index (χ1v) is 7.14. The van der Waals surface area contributed by atoms with Crippen molar-refractivity contribution < 1.29 is 9.47 Å².